The molecule has 166 valence electrons. The van der Waals surface area contributed by atoms with E-state index < -0.39 is 0 Å². The molecule has 3 aromatic rings. The summed E-state index contributed by atoms with van der Waals surface area (Å²) in [7, 11) is 2.07. The normalized spacial score (nSPS) is 14.5. The van der Waals surface area contributed by atoms with Gasteiger partial charge in [0.05, 0.1) is 11.9 Å². The SMILES string of the molecule is Cc1nc2ccccc2c(C)c1CC(=O)NCc1ccc(C(=O)N2CCN(C)CC2)cc1. The Hall–Kier alpha value is -3.25. The molecule has 2 aromatic carbocycles. The molecule has 0 saturated carbocycles. The molecule has 0 unspecified atom stereocenters. The topological polar surface area (TPSA) is 65.5 Å². The number of hydrogen-bond acceptors (Lipinski definition) is 4. The van der Waals surface area contributed by atoms with Crippen molar-refractivity contribution in [3.63, 3.8) is 0 Å². The van der Waals surface area contributed by atoms with E-state index in [9.17, 15) is 9.59 Å². The number of amides is 2. The summed E-state index contributed by atoms with van der Waals surface area (Å²) in [6.45, 7) is 7.77. The number of hydrogen-bond donors (Lipinski definition) is 1. The predicted octanol–water partition coefficient (Wildman–Crippen LogP) is 3.10. The molecule has 0 spiro atoms. The van der Waals surface area contributed by atoms with Gasteiger partial charge in [-0.2, -0.15) is 0 Å². The fraction of sp³-hybridized carbons (Fsp3) is 0.346. The second kappa shape index (κ2) is 9.49. The first-order valence-electron chi connectivity index (χ1n) is 11.1. The highest BCUT2D eigenvalue weighted by molar-refractivity contribution is 5.94. The molecule has 1 N–H and O–H groups in total. The Balaban J connectivity index is 1.35. The molecule has 2 amide bonds. The largest absolute Gasteiger partial charge is 0.352 e. The van der Waals surface area contributed by atoms with E-state index in [0.29, 0.717) is 18.5 Å². The minimum atomic E-state index is -0.0362. The van der Waals surface area contributed by atoms with Crippen LogP contribution in [0, 0.1) is 13.8 Å². The minimum absolute atomic E-state index is 0.0362. The number of likely N-dealkylation sites (N-methyl/N-ethyl adjacent to an activating group) is 1. The van der Waals surface area contributed by atoms with Crippen LogP contribution in [0.5, 0.6) is 0 Å². The fourth-order valence-corrected chi connectivity index (χ4v) is 4.21. The van der Waals surface area contributed by atoms with Crippen LogP contribution in [0.3, 0.4) is 0 Å². The number of carbonyl (C=O) groups excluding carboxylic acids is 2. The summed E-state index contributed by atoms with van der Waals surface area (Å²) in [4.78, 5) is 34.1. The lowest BCUT2D eigenvalue weighted by molar-refractivity contribution is -0.120. The standard InChI is InChI=1S/C26H30N4O2/c1-18-22-6-4-5-7-24(22)28-19(2)23(18)16-25(31)27-17-20-8-10-21(11-9-20)26(32)30-14-12-29(3)13-15-30/h4-11H,12-17H2,1-3H3,(H,27,31). The van der Waals surface area contributed by atoms with Crippen LogP contribution in [-0.2, 0) is 17.8 Å². The van der Waals surface area contributed by atoms with E-state index in [1.165, 1.54) is 0 Å². The van der Waals surface area contributed by atoms with Gasteiger partial charge >= 0.3 is 0 Å². The molecule has 32 heavy (non-hydrogen) atoms. The molecule has 0 aliphatic carbocycles. The van der Waals surface area contributed by atoms with E-state index in [0.717, 1.165) is 59.5 Å². The van der Waals surface area contributed by atoms with Crippen LogP contribution in [0.4, 0.5) is 0 Å². The van der Waals surface area contributed by atoms with Gasteiger partial charge in [0.2, 0.25) is 5.91 Å². The number of carbonyl (C=O) groups is 2. The average molecular weight is 431 g/mol. The molecule has 1 fully saturated rings. The van der Waals surface area contributed by atoms with Gasteiger partial charge in [0, 0.05) is 49.4 Å². The third kappa shape index (κ3) is 4.81. The van der Waals surface area contributed by atoms with Crippen molar-refractivity contribution in [2.75, 3.05) is 33.2 Å². The minimum Gasteiger partial charge on any atom is -0.352 e. The Morgan fingerprint density at radius 2 is 1.66 bits per heavy atom. The molecular weight excluding hydrogens is 400 g/mol. The van der Waals surface area contributed by atoms with Gasteiger partial charge in [-0.1, -0.05) is 30.3 Å². The Bertz CT molecular complexity index is 1130. The Morgan fingerprint density at radius 1 is 0.969 bits per heavy atom. The van der Waals surface area contributed by atoms with Crippen LogP contribution in [0.15, 0.2) is 48.5 Å². The number of aromatic nitrogens is 1. The van der Waals surface area contributed by atoms with E-state index in [-0.39, 0.29) is 11.8 Å². The third-order valence-electron chi connectivity index (χ3n) is 6.30. The molecule has 0 atom stereocenters. The Morgan fingerprint density at radius 3 is 2.38 bits per heavy atom. The maximum absolute atomic E-state index is 12.7. The van der Waals surface area contributed by atoms with Gasteiger partial charge in [0.1, 0.15) is 0 Å². The highest BCUT2D eigenvalue weighted by Crippen LogP contribution is 2.23. The second-order valence-electron chi connectivity index (χ2n) is 8.56. The Kier molecular flexibility index (Phi) is 6.51. The fourth-order valence-electron chi connectivity index (χ4n) is 4.21. The molecule has 1 saturated heterocycles. The van der Waals surface area contributed by atoms with Crippen molar-refractivity contribution in [1.29, 1.82) is 0 Å². The van der Waals surface area contributed by atoms with Crippen molar-refractivity contribution in [3.8, 4) is 0 Å². The summed E-state index contributed by atoms with van der Waals surface area (Å²) in [5.74, 6) is 0.0364. The van der Waals surface area contributed by atoms with Crippen molar-refractivity contribution >= 4 is 22.7 Å². The van der Waals surface area contributed by atoms with Crippen molar-refractivity contribution < 1.29 is 9.59 Å². The van der Waals surface area contributed by atoms with Crippen molar-refractivity contribution in [1.82, 2.24) is 20.1 Å². The number of fused-ring (bicyclic) bond motifs is 1. The molecule has 6 nitrogen and oxygen atoms in total. The zero-order valence-electron chi connectivity index (χ0n) is 19.0. The highest BCUT2D eigenvalue weighted by Gasteiger charge is 2.20. The van der Waals surface area contributed by atoms with Gasteiger partial charge in [0.25, 0.3) is 5.91 Å². The molecule has 6 heteroatoms. The molecule has 4 rings (SSSR count). The van der Waals surface area contributed by atoms with Gasteiger partial charge in [-0.15, -0.1) is 0 Å². The summed E-state index contributed by atoms with van der Waals surface area (Å²) in [6.07, 6.45) is 0.301. The zero-order valence-corrected chi connectivity index (χ0v) is 19.0. The van der Waals surface area contributed by atoms with Gasteiger partial charge in [-0.25, -0.2) is 0 Å². The lowest BCUT2D eigenvalue weighted by Crippen LogP contribution is -2.47. The molecule has 1 aliphatic heterocycles. The van der Waals surface area contributed by atoms with Crippen LogP contribution in [0.25, 0.3) is 10.9 Å². The van der Waals surface area contributed by atoms with Crippen molar-refractivity contribution in [3.05, 3.63) is 76.5 Å². The van der Waals surface area contributed by atoms with Crippen LogP contribution in [0.1, 0.15) is 32.7 Å². The van der Waals surface area contributed by atoms with E-state index in [4.69, 9.17) is 0 Å². The molecule has 1 aromatic heterocycles. The van der Waals surface area contributed by atoms with Gasteiger partial charge in [-0.05, 0) is 55.8 Å². The molecular formula is C26H30N4O2. The molecule has 0 bridgehead atoms. The molecule has 2 heterocycles. The lowest BCUT2D eigenvalue weighted by Gasteiger charge is -2.32. The monoisotopic (exact) mass is 430 g/mol. The first kappa shape index (κ1) is 22.0. The average Bonchev–Trinajstić information content (AvgIpc) is 2.81. The quantitative estimate of drug-likeness (QED) is 0.676. The maximum atomic E-state index is 12.7. The van der Waals surface area contributed by atoms with E-state index in [1.807, 2.05) is 60.4 Å². The molecule has 0 radical (unpaired) electrons. The zero-order chi connectivity index (χ0) is 22.7. The second-order valence-corrected chi connectivity index (χ2v) is 8.56. The van der Waals surface area contributed by atoms with E-state index in [2.05, 4.69) is 29.2 Å². The molecule has 1 aliphatic rings. The van der Waals surface area contributed by atoms with Crippen LogP contribution in [0.2, 0.25) is 0 Å². The number of nitrogens with zero attached hydrogens (tertiary/aromatic N) is 3. The van der Waals surface area contributed by atoms with Crippen LogP contribution in [-0.4, -0.2) is 59.8 Å². The third-order valence-corrected chi connectivity index (χ3v) is 6.30. The first-order valence-corrected chi connectivity index (χ1v) is 11.1. The van der Waals surface area contributed by atoms with Crippen molar-refractivity contribution in [2.24, 2.45) is 0 Å². The summed E-state index contributed by atoms with van der Waals surface area (Å²) in [6, 6.07) is 15.5. The number of pyridine rings is 1. The predicted molar refractivity (Wildman–Crippen MR) is 127 cm³/mol. The Labute approximate surface area is 189 Å². The van der Waals surface area contributed by atoms with E-state index >= 15 is 0 Å². The number of benzene rings is 2. The number of piperazine rings is 1. The van der Waals surface area contributed by atoms with Crippen LogP contribution >= 0.6 is 0 Å². The first-order chi connectivity index (χ1) is 15.4. The lowest BCUT2D eigenvalue weighted by atomic mass is 9.99. The van der Waals surface area contributed by atoms with Crippen molar-refractivity contribution in [2.45, 2.75) is 26.8 Å². The number of rotatable bonds is 5. The maximum Gasteiger partial charge on any atom is 0.253 e. The number of nitrogens with one attached hydrogen (secondary N) is 1. The van der Waals surface area contributed by atoms with Gasteiger partial charge in [0.15, 0.2) is 0 Å². The number of aryl methyl sites for hydroxylation is 2. The smallest absolute Gasteiger partial charge is 0.253 e. The van der Waals surface area contributed by atoms with E-state index in [1.54, 1.807) is 0 Å². The summed E-state index contributed by atoms with van der Waals surface area (Å²) < 4.78 is 0. The number of para-hydroxylation sites is 1. The highest BCUT2D eigenvalue weighted by atomic mass is 16.2. The van der Waals surface area contributed by atoms with Gasteiger partial charge in [-0.3, -0.25) is 14.6 Å². The summed E-state index contributed by atoms with van der Waals surface area (Å²) in [5, 5.41) is 4.08. The summed E-state index contributed by atoms with van der Waals surface area (Å²) >= 11 is 0. The summed E-state index contributed by atoms with van der Waals surface area (Å²) in [5.41, 5.74) is 5.60. The van der Waals surface area contributed by atoms with Gasteiger partial charge < -0.3 is 15.1 Å². The van der Waals surface area contributed by atoms with Crippen LogP contribution < -0.4 is 5.32 Å².